The number of carbonyl (C=O) groups is 1. The van der Waals surface area contributed by atoms with Gasteiger partial charge in [0.05, 0.1) is 30.2 Å². The number of nitrogens with zero attached hydrogens (tertiary/aromatic N) is 1. The monoisotopic (exact) mass is 347 g/mol. The Hall–Kier alpha value is -3.34. The lowest BCUT2D eigenvalue weighted by Gasteiger charge is -2.11. The van der Waals surface area contributed by atoms with Crippen molar-refractivity contribution < 1.29 is 9.53 Å². The Labute approximate surface area is 153 Å². The number of methoxy groups -OCH3 is 1. The third-order valence-electron chi connectivity index (χ3n) is 3.87. The van der Waals surface area contributed by atoms with E-state index >= 15 is 0 Å². The molecule has 2 aromatic carbocycles. The van der Waals surface area contributed by atoms with Crippen molar-refractivity contribution in [2.75, 3.05) is 17.7 Å². The molecule has 0 aliphatic carbocycles. The highest BCUT2D eigenvalue weighted by atomic mass is 16.5. The van der Waals surface area contributed by atoms with Crippen LogP contribution in [0.2, 0.25) is 0 Å². The summed E-state index contributed by atoms with van der Waals surface area (Å²) in [6, 6.07) is 15.3. The maximum Gasteiger partial charge on any atom is 0.257 e. The second kappa shape index (κ2) is 7.70. The molecule has 26 heavy (non-hydrogen) atoms. The summed E-state index contributed by atoms with van der Waals surface area (Å²) in [5.41, 5.74) is 5.14. The SMILES string of the molecule is COc1ccccc1NC(=O)c1cncc(Nc2cc(C)cc(C)c2)c1. The predicted octanol–water partition coefficient (Wildman–Crippen LogP) is 4.70. The highest BCUT2D eigenvalue weighted by molar-refractivity contribution is 6.05. The first kappa shape index (κ1) is 17.5. The average molecular weight is 347 g/mol. The highest BCUT2D eigenvalue weighted by Crippen LogP contribution is 2.24. The molecule has 0 unspecified atom stereocenters. The topological polar surface area (TPSA) is 63.2 Å². The molecule has 5 heteroatoms. The average Bonchev–Trinajstić information content (AvgIpc) is 2.61. The van der Waals surface area contributed by atoms with Crippen molar-refractivity contribution in [1.29, 1.82) is 0 Å². The number of benzene rings is 2. The van der Waals surface area contributed by atoms with Crippen LogP contribution in [0.4, 0.5) is 17.1 Å². The first-order valence-electron chi connectivity index (χ1n) is 8.30. The lowest BCUT2D eigenvalue weighted by Crippen LogP contribution is -2.13. The Morgan fingerprint density at radius 2 is 1.69 bits per heavy atom. The first-order valence-corrected chi connectivity index (χ1v) is 8.30. The lowest BCUT2D eigenvalue weighted by molar-refractivity contribution is 0.102. The van der Waals surface area contributed by atoms with Gasteiger partial charge < -0.3 is 15.4 Å². The van der Waals surface area contributed by atoms with Crippen LogP contribution in [0.3, 0.4) is 0 Å². The van der Waals surface area contributed by atoms with Crippen LogP contribution < -0.4 is 15.4 Å². The number of aryl methyl sites for hydroxylation is 2. The van der Waals surface area contributed by atoms with Crippen LogP contribution in [0.1, 0.15) is 21.5 Å². The van der Waals surface area contributed by atoms with Crippen molar-refractivity contribution in [2.45, 2.75) is 13.8 Å². The molecule has 3 aromatic rings. The van der Waals surface area contributed by atoms with E-state index in [0.29, 0.717) is 17.0 Å². The van der Waals surface area contributed by atoms with Crippen LogP contribution >= 0.6 is 0 Å². The van der Waals surface area contributed by atoms with E-state index in [1.807, 2.05) is 26.0 Å². The highest BCUT2D eigenvalue weighted by Gasteiger charge is 2.10. The number of ether oxygens (including phenoxy) is 1. The van der Waals surface area contributed by atoms with Crippen molar-refractivity contribution in [1.82, 2.24) is 4.98 Å². The molecule has 132 valence electrons. The summed E-state index contributed by atoms with van der Waals surface area (Å²) in [7, 11) is 1.57. The number of hydrogen-bond acceptors (Lipinski definition) is 4. The fourth-order valence-corrected chi connectivity index (χ4v) is 2.79. The number of para-hydroxylation sites is 2. The predicted molar refractivity (Wildman–Crippen MR) is 104 cm³/mol. The number of pyridine rings is 1. The van der Waals surface area contributed by atoms with Gasteiger partial charge in [-0.15, -0.1) is 0 Å². The maximum atomic E-state index is 12.6. The Bertz CT molecular complexity index is 918. The minimum Gasteiger partial charge on any atom is -0.495 e. The summed E-state index contributed by atoms with van der Waals surface area (Å²) in [5.74, 6) is 0.365. The zero-order chi connectivity index (χ0) is 18.5. The van der Waals surface area contributed by atoms with Gasteiger partial charge in [0.2, 0.25) is 0 Å². The molecule has 0 saturated carbocycles. The Morgan fingerprint density at radius 3 is 2.42 bits per heavy atom. The summed E-state index contributed by atoms with van der Waals surface area (Å²) < 4.78 is 5.26. The third kappa shape index (κ3) is 4.19. The molecule has 0 fully saturated rings. The van der Waals surface area contributed by atoms with Crippen LogP contribution in [-0.4, -0.2) is 18.0 Å². The zero-order valence-electron chi connectivity index (χ0n) is 15.0. The number of anilines is 3. The number of nitrogens with one attached hydrogen (secondary N) is 2. The largest absolute Gasteiger partial charge is 0.495 e. The second-order valence-electron chi connectivity index (χ2n) is 6.12. The van der Waals surface area contributed by atoms with E-state index in [1.54, 1.807) is 31.5 Å². The number of rotatable bonds is 5. The summed E-state index contributed by atoms with van der Waals surface area (Å²) in [5, 5.41) is 6.16. The van der Waals surface area contributed by atoms with Crippen molar-refractivity contribution >= 4 is 23.0 Å². The quantitative estimate of drug-likeness (QED) is 0.702. The van der Waals surface area contributed by atoms with E-state index in [0.717, 1.165) is 11.4 Å². The molecule has 0 radical (unpaired) electrons. The molecule has 0 aliphatic rings. The Balaban J connectivity index is 1.79. The van der Waals surface area contributed by atoms with Crippen LogP contribution in [-0.2, 0) is 0 Å². The minimum atomic E-state index is -0.244. The van der Waals surface area contributed by atoms with Gasteiger partial charge in [0, 0.05) is 11.9 Å². The molecule has 0 atom stereocenters. The van der Waals surface area contributed by atoms with Crippen LogP contribution in [0.15, 0.2) is 60.9 Å². The smallest absolute Gasteiger partial charge is 0.257 e. The van der Waals surface area contributed by atoms with Gasteiger partial charge in [-0.3, -0.25) is 9.78 Å². The molecule has 2 N–H and O–H groups in total. The molecule has 1 aromatic heterocycles. The zero-order valence-corrected chi connectivity index (χ0v) is 15.0. The van der Waals surface area contributed by atoms with E-state index in [2.05, 4.69) is 33.8 Å². The fourth-order valence-electron chi connectivity index (χ4n) is 2.79. The minimum absolute atomic E-state index is 0.244. The normalized spacial score (nSPS) is 10.3. The standard InChI is InChI=1S/C21H21N3O2/c1-14-8-15(2)10-17(9-14)23-18-11-16(12-22-13-18)21(25)24-19-6-4-5-7-20(19)26-3/h4-13,23H,1-3H3,(H,24,25). The van der Waals surface area contributed by atoms with Gasteiger partial charge >= 0.3 is 0 Å². The summed E-state index contributed by atoms with van der Waals surface area (Å²) in [6.45, 7) is 4.10. The molecular weight excluding hydrogens is 326 g/mol. The van der Waals surface area contributed by atoms with Gasteiger partial charge in [-0.1, -0.05) is 18.2 Å². The van der Waals surface area contributed by atoms with Gasteiger partial charge in [0.25, 0.3) is 5.91 Å². The molecular formula is C21H21N3O2. The second-order valence-corrected chi connectivity index (χ2v) is 6.12. The Morgan fingerprint density at radius 1 is 0.962 bits per heavy atom. The van der Waals surface area contributed by atoms with Crippen LogP contribution in [0.5, 0.6) is 5.75 Å². The molecule has 0 spiro atoms. The van der Waals surface area contributed by atoms with E-state index in [1.165, 1.54) is 17.3 Å². The molecule has 5 nitrogen and oxygen atoms in total. The number of carbonyl (C=O) groups excluding carboxylic acids is 1. The van der Waals surface area contributed by atoms with Crippen LogP contribution in [0.25, 0.3) is 0 Å². The van der Waals surface area contributed by atoms with Gasteiger partial charge in [-0.2, -0.15) is 0 Å². The number of aromatic nitrogens is 1. The lowest BCUT2D eigenvalue weighted by atomic mass is 10.1. The number of hydrogen-bond donors (Lipinski definition) is 2. The van der Waals surface area contributed by atoms with Gasteiger partial charge in [0.15, 0.2) is 0 Å². The van der Waals surface area contributed by atoms with E-state index in [-0.39, 0.29) is 5.91 Å². The van der Waals surface area contributed by atoms with Crippen molar-refractivity contribution in [3.63, 3.8) is 0 Å². The third-order valence-corrected chi connectivity index (χ3v) is 3.87. The van der Waals surface area contributed by atoms with E-state index in [4.69, 9.17) is 4.74 Å². The molecule has 1 heterocycles. The first-order chi connectivity index (χ1) is 12.5. The van der Waals surface area contributed by atoms with Gasteiger partial charge in [0.1, 0.15) is 5.75 Å². The van der Waals surface area contributed by atoms with Crippen molar-refractivity contribution in [3.05, 3.63) is 77.6 Å². The molecule has 0 bridgehead atoms. The summed E-state index contributed by atoms with van der Waals surface area (Å²) in [6.07, 6.45) is 3.23. The van der Waals surface area contributed by atoms with E-state index in [9.17, 15) is 4.79 Å². The van der Waals surface area contributed by atoms with E-state index < -0.39 is 0 Å². The molecule has 3 rings (SSSR count). The summed E-state index contributed by atoms with van der Waals surface area (Å²) in [4.78, 5) is 16.7. The molecule has 1 amide bonds. The van der Waals surface area contributed by atoms with Crippen LogP contribution in [0, 0.1) is 13.8 Å². The molecule has 0 aliphatic heterocycles. The van der Waals surface area contributed by atoms with Crippen molar-refractivity contribution in [2.24, 2.45) is 0 Å². The molecule has 0 saturated heterocycles. The summed E-state index contributed by atoms with van der Waals surface area (Å²) >= 11 is 0. The Kier molecular flexibility index (Phi) is 5.17. The maximum absolute atomic E-state index is 12.6. The van der Waals surface area contributed by atoms with Gasteiger partial charge in [-0.25, -0.2) is 0 Å². The van der Waals surface area contributed by atoms with Gasteiger partial charge in [-0.05, 0) is 55.3 Å². The van der Waals surface area contributed by atoms with Crippen molar-refractivity contribution in [3.8, 4) is 5.75 Å². The fraction of sp³-hybridized carbons (Fsp3) is 0.143. The number of amides is 1.